The van der Waals surface area contributed by atoms with Gasteiger partial charge in [-0.2, -0.15) is 0 Å². The molecule has 0 saturated carbocycles. The maximum atomic E-state index is 12.6. The minimum Gasteiger partial charge on any atom is -0.454 e. The maximum Gasteiger partial charge on any atom is 0.266 e. The highest BCUT2D eigenvalue weighted by Crippen LogP contribution is 2.36. The van der Waals surface area contributed by atoms with Crippen LogP contribution in [0.5, 0.6) is 11.5 Å². The van der Waals surface area contributed by atoms with Gasteiger partial charge in [-0.25, -0.2) is 0 Å². The van der Waals surface area contributed by atoms with Crippen molar-refractivity contribution in [3.8, 4) is 11.5 Å². The van der Waals surface area contributed by atoms with Crippen LogP contribution in [-0.2, 0) is 9.59 Å². The number of carbonyl (C=O) groups excluding carboxylic acids is 2. The largest absolute Gasteiger partial charge is 0.454 e. The highest BCUT2D eigenvalue weighted by molar-refractivity contribution is 8.26. The van der Waals surface area contributed by atoms with E-state index in [1.165, 1.54) is 16.7 Å². The minimum atomic E-state index is -0.263. The number of nitrogens with one attached hydrogen (secondary N) is 1. The Balaban J connectivity index is 1.64. The molecule has 0 bridgehead atoms. The van der Waals surface area contributed by atoms with Gasteiger partial charge in [-0.15, -0.1) is 0 Å². The number of amides is 2. The number of fused-ring (bicyclic) bond motifs is 1. The molecule has 3 rings (SSSR count). The standard InChI is InChI=1S/C17H19N3O4S2/c1-19(2)6-5-18-15(21)9-20-16(22)14(26-17(20)25)8-11-3-4-12-13(7-11)24-10-23-12/h3-4,7-8H,5-6,9-10H2,1-2H3,(H,18,21). The number of thiocarbonyl (C=S) groups is 1. The third kappa shape index (κ3) is 4.35. The number of likely N-dealkylation sites (N-methyl/N-ethyl adjacent to an activating group) is 1. The summed E-state index contributed by atoms with van der Waals surface area (Å²) in [7, 11) is 3.85. The minimum absolute atomic E-state index is 0.0728. The number of benzene rings is 1. The topological polar surface area (TPSA) is 71.1 Å². The van der Waals surface area contributed by atoms with Gasteiger partial charge in [0, 0.05) is 13.1 Å². The van der Waals surface area contributed by atoms with Gasteiger partial charge in [0.2, 0.25) is 12.7 Å². The Morgan fingerprint density at radius 3 is 2.92 bits per heavy atom. The van der Waals surface area contributed by atoms with E-state index in [4.69, 9.17) is 21.7 Å². The second kappa shape index (κ2) is 8.07. The van der Waals surface area contributed by atoms with E-state index in [9.17, 15) is 9.59 Å². The summed E-state index contributed by atoms with van der Waals surface area (Å²) < 4.78 is 11.0. The molecule has 0 aliphatic carbocycles. The molecule has 0 radical (unpaired) electrons. The number of rotatable bonds is 6. The van der Waals surface area contributed by atoms with Crippen molar-refractivity contribution >= 4 is 46.2 Å². The average Bonchev–Trinajstić information content (AvgIpc) is 3.14. The fraction of sp³-hybridized carbons (Fsp3) is 0.353. The maximum absolute atomic E-state index is 12.6. The van der Waals surface area contributed by atoms with Crippen LogP contribution in [0.25, 0.3) is 6.08 Å². The predicted octanol–water partition coefficient (Wildman–Crippen LogP) is 1.29. The third-order valence-corrected chi connectivity index (χ3v) is 5.13. The fourth-order valence-electron chi connectivity index (χ4n) is 2.41. The molecule has 1 saturated heterocycles. The van der Waals surface area contributed by atoms with Crippen molar-refractivity contribution in [3.63, 3.8) is 0 Å². The summed E-state index contributed by atoms with van der Waals surface area (Å²) in [4.78, 5) is 28.4. The van der Waals surface area contributed by atoms with E-state index in [1.807, 2.05) is 31.1 Å². The van der Waals surface area contributed by atoms with E-state index in [-0.39, 0.29) is 25.2 Å². The Morgan fingerprint density at radius 2 is 2.15 bits per heavy atom. The molecule has 1 aromatic rings. The van der Waals surface area contributed by atoms with E-state index in [0.29, 0.717) is 27.3 Å². The number of thioether (sulfide) groups is 1. The molecule has 0 spiro atoms. The lowest BCUT2D eigenvalue weighted by Crippen LogP contribution is -2.41. The van der Waals surface area contributed by atoms with Crippen LogP contribution >= 0.6 is 24.0 Å². The lowest BCUT2D eigenvalue weighted by Gasteiger charge is -2.15. The van der Waals surface area contributed by atoms with Crippen LogP contribution in [0.15, 0.2) is 23.1 Å². The lowest BCUT2D eigenvalue weighted by molar-refractivity contribution is -0.128. The first-order valence-electron chi connectivity index (χ1n) is 8.00. The van der Waals surface area contributed by atoms with Gasteiger partial charge >= 0.3 is 0 Å². The number of ether oxygens (including phenoxy) is 2. The van der Waals surface area contributed by atoms with Crippen LogP contribution in [0.2, 0.25) is 0 Å². The van der Waals surface area contributed by atoms with Gasteiger partial charge in [0.1, 0.15) is 10.9 Å². The normalized spacial score (nSPS) is 17.5. The molecule has 138 valence electrons. The summed E-state index contributed by atoms with van der Waals surface area (Å²) in [5, 5.41) is 2.78. The third-order valence-electron chi connectivity index (χ3n) is 3.75. The Kier molecular flexibility index (Phi) is 5.80. The van der Waals surface area contributed by atoms with Crippen molar-refractivity contribution in [2.45, 2.75) is 0 Å². The van der Waals surface area contributed by atoms with E-state index in [0.717, 1.165) is 12.1 Å². The van der Waals surface area contributed by atoms with Crippen molar-refractivity contribution in [2.24, 2.45) is 0 Å². The Hall–Kier alpha value is -2.10. The fourth-order valence-corrected chi connectivity index (χ4v) is 3.66. The van der Waals surface area contributed by atoms with Gasteiger partial charge in [0.15, 0.2) is 11.5 Å². The van der Waals surface area contributed by atoms with Gasteiger partial charge < -0.3 is 19.7 Å². The Labute approximate surface area is 161 Å². The second-order valence-electron chi connectivity index (χ2n) is 6.03. The highest BCUT2D eigenvalue weighted by Gasteiger charge is 2.33. The Morgan fingerprint density at radius 1 is 1.38 bits per heavy atom. The quantitative estimate of drug-likeness (QED) is 0.577. The van der Waals surface area contributed by atoms with Crippen molar-refractivity contribution in [1.29, 1.82) is 0 Å². The second-order valence-corrected chi connectivity index (χ2v) is 7.71. The molecule has 2 amide bonds. The summed E-state index contributed by atoms with van der Waals surface area (Å²) in [6, 6.07) is 5.45. The molecule has 26 heavy (non-hydrogen) atoms. The van der Waals surface area contributed by atoms with Crippen LogP contribution < -0.4 is 14.8 Å². The summed E-state index contributed by atoms with van der Waals surface area (Å²) >= 11 is 6.45. The molecule has 1 fully saturated rings. The number of nitrogens with zero attached hydrogens (tertiary/aromatic N) is 2. The first kappa shape index (κ1) is 18.7. The molecular formula is C17H19N3O4S2. The summed E-state index contributed by atoms with van der Waals surface area (Å²) in [5.74, 6) is 0.839. The van der Waals surface area contributed by atoms with Gasteiger partial charge in [-0.05, 0) is 37.9 Å². The number of hydrogen-bond donors (Lipinski definition) is 1. The van der Waals surface area contributed by atoms with Crippen LogP contribution in [0.1, 0.15) is 5.56 Å². The molecular weight excluding hydrogens is 374 g/mol. The SMILES string of the molecule is CN(C)CCNC(=O)CN1C(=O)C(=Cc2ccc3c(c2)OCO3)SC1=S. The van der Waals surface area contributed by atoms with Gasteiger partial charge in [0.05, 0.1) is 4.91 Å². The average molecular weight is 393 g/mol. The van der Waals surface area contributed by atoms with Crippen LogP contribution in [0.3, 0.4) is 0 Å². The van der Waals surface area contributed by atoms with E-state index < -0.39 is 0 Å². The molecule has 0 unspecified atom stereocenters. The van der Waals surface area contributed by atoms with Crippen LogP contribution in [0.4, 0.5) is 0 Å². The Bertz CT molecular complexity index is 779. The molecule has 2 heterocycles. The summed E-state index contributed by atoms with van der Waals surface area (Å²) in [6.07, 6.45) is 1.74. The van der Waals surface area contributed by atoms with Gasteiger partial charge in [0.25, 0.3) is 5.91 Å². The van der Waals surface area contributed by atoms with Crippen molar-refractivity contribution < 1.29 is 19.1 Å². The van der Waals surface area contributed by atoms with E-state index in [2.05, 4.69) is 5.32 Å². The van der Waals surface area contributed by atoms with E-state index >= 15 is 0 Å². The first-order valence-corrected chi connectivity index (χ1v) is 9.23. The monoisotopic (exact) mass is 393 g/mol. The molecule has 0 aromatic heterocycles. The summed E-state index contributed by atoms with van der Waals surface area (Å²) in [6.45, 7) is 1.38. The van der Waals surface area contributed by atoms with Gasteiger partial charge in [-0.1, -0.05) is 30.0 Å². The molecule has 7 nitrogen and oxygen atoms in total. The lowest BCUT2D eigenvalue weighted by atomic mass is 10.2. The van der Waals surface area contributed by atoms with E-state index in [1.54, 1.807) is 12.1 Å². The molecule has 2 aliphatic rings. The van der Waals surface area contributed by atoms with Crippen LogP contribution in [-0.4, -0.2) is 66.5 Å². The molecule has 1 aromatic carbocycles. The zero-order valence-electron chi connectivity index (χ0n) is 14.5. The smallest absolute Gasteiger partial charge is 0.266 e. The zero-order chi connectivity index (χ0) is 18.7. The number of carbonyl (C=O) groups is 2. The van der Waals surface area contributed by atoms with Crippen molar-refractivity contribution in [2.75, 3.05) is 40.5 Å². The molecule has 1 N–H and O–H groups in total. The zero-order valence-corrected chi connectivity index (χ0v) is 16.1. The number of hydrogen-bond acceptors (Lipinski definition) is 7. The van der Waals surface area contributed by atoms with Gasteiger partial charge in [-0.3, -0.25) is 14.5 Å². The first-order chi connectivity index (χ1) is 12.4. The van der Waals surface area contributed by atoms with Crippen LogP contribution in [0, 0.1) is 0 Å². The van der Waals surface area contributed by atoms with Crippen molar-refractivity contribution in [3.05, 3.63) is 28.7 Å². The summed E-state index contributed by atoms with van der Waals surface area (Å²) in [5.41, 5.74) is 0.810. The molecule has 2 aliphatic heterocycles. The molecule has 9 heteroatoms. The predicted molar refractivity (Wildman–Crippen MR) is 104 cm³/mol. The highest BCUT2D eigenvalue weighted by atomic mass is 32.2. The van der Waals surface area contributed by atoms with Crippen molar-refractivity contribution in [1.82, 2.24) is 15.1 Å². The molecule has 0 atom stereocenters.